The summed E-state index contributed by atoms with van der Waals surface area (Å²) in [5.74, 6) is 0.0679. The average Bonchev–Trinajstić information content (AvgIpc) is 2.37. The fourth-order valence-corrected chi connectivity index (χ4v) is 2.11. The van der Waals surface area contributed by atoms with E-state index in [0.717, 1.165) is 5.56 Å². The Bertz CT molecular complexity index is 472. The topological polar surface area (TPSA) is 47.6 Å². The molecule has 0 aliphatic rings. The zero-order valence-corrected chi connectivity index (χ0v) is 11.6. The van der Waals surface area contributed by atoms with Crippen LogP contribution in [0.4, 0.5) is 0 Å². The maximum atomic E-state index is 9.36. The molecule has 0 spiro atoms. The van der Waals surface area contributed by atoms with E-state index in [2.05, 4.69) is 12.1 Å². The van der Waals surface area contributed by atoms with Crippen LogP contribution in [0.1, 0.15) is 45.6 Å². The molecule has 0 heterocycles. The van der Waals surface area contributed by atoms with Crippen LogP contribution >= 0.6 is 0 Å². The standard InChI is InChI=1S/C16H20N2/c1-15(2,11-17)10-14(16(3,4)12-18)13-8-6-5-7-9-13/h5-9,14H,10H2,1-4H3. The number of hydrogen-bond donors (Lipinski definition) is 0. The first-order chi connectivity index (χ1) is 8.32. The summed E-state index contributed by atoms with van der Waals surface area (Å²) in [5.41, 5.74) is 0.233. The van der Waals surface area contributed by atoms with Gasteiger partial charge in [-0.15, -0.1) is 0 Å². The smallest absolute Gasteiger partial charge is 0.0690 e. The van der Waals surface area contributed by atoms with Crippen LogP contribution in [0.5, 0.6) is 0 Å². The average molecular weight is 240 g/mol. The van der Waals surface area contributed by atoms with Gasteiger partial charge >= 0.3 is 0 Å². The predicted molar refractivity (Wildman–Crippen MR) is 72.6 cm³/mol. The van der Waals surface area contributed by atoms with Gasteiger partial charge in [0.05, 0.1) is 23.0 Å². The zero-order chi connectivity index (χ0) is 13.8. The Labute approximate surface area is 110 Å². The van der Waals surface area contributed by atoms with E-state index < -0.39 is 10.8 Å². The normalized spacial score (nSPS) is 13.4. The van der Waals surface area contributed by atoms with Crippen LogP contribution in [0, 0.1) is 33.5 Å². The highest BCUT2D eigenvalue weighted by Crippen LogP contribution is 2.42. The number of nitrogens with zero attached hydrogens (tertiary/aromatic N) is 2. The predicted octanol–water partition coefficient (Wildman–Crippen LogP) is 4.26. The molecule has 1 atom stereocenters. The molecule has 0 bridgehead atoms. The summed E-state index contributed by atoms with van der Waals surface area (Å²) in [7, 11) is 0. The van der Waals surface area contributed by atoms with E-state index in [9.17, 15) is 10.5 Å². The van der Waals surface area contributed by atoms with Crippen LogP contribution in [0.3, 0.4) is 0 Å². The minimum Gasteiger partial charge on any atom is -0.198 e. The van der Waals surface area contributed by atoms with Gasteiger partial charge in [-0.05, 0) is 39.7 Å². The van der Waals surface area contributed by atoms with Crippen molar-refractivity contribution in [1.82, 2.24) is 0 Å². The highest BCUT2D eigenvalue weighted by Gasteiger charge is 2.35. The first kappa shape index (κ1) is 14.3. The molecule has 0 aromatic heterocycles. The zero-order valence-electron chi connectivity index (χ0n) is 11.6. The summed E-state index contributed by atoms with van der Waals surface area (Å²) in [6.45, 7) is 7.74. The molecule has 0 aliphatic heterocycles. The summed E-state index contributed by atoms with van der Waals surface area (Å²) < 4.78 is 0. The van der Waals surface area contributed by atoms with Gasteiger partial charge in [0.2, 0.25) is 0 Å². The number of nitriles is 2. The van der Waals surface area contributed by atoms with Crippen LogP contribution in [-0.4, -0.2) is 0 Å². The molecule has 0 saturated carbocycles. The summed E-state index contributed by atoms with van der Waals surface area (Å²) in [6.07, 6.45) is 0.689. The Kier molecular flexibility index (Phi) is 4.15. The third kappa shape index (κ3) is 3.34. The number of benzene rings is 1. The molecule has 0 saturated heterocycles. The largest absolute Gasteiger partial charge is 0.198 e. The van der Waals surface area contributed by atoms with Crippen molar-refractivity contribution in [1.29, 1.82) is 10.5 Å². The lowest BCUT2D eigenvalue weighted by molar-refractivity contribution is 0.291. The van der Waals surface area contributed by atoms with Gasteiger partial charge in [0.25, 0.3) is 0 Å². The number of rotatable bonds is 4. The second-order valence-electron chi connectivity index (χ2n) is 6.00. The third-order valence-corrected chi connectivity index (χ3v) is 3.38. The third-order valence-electron chi connectivity index (χ3n) is 3.38. The van der Waals surface area contributed by atoms with Gasteiger partial charge in [-0.1, -0.05) is 30.3 Å². The van der Waals surface area contributed by atoms with E-state index in [4.69, 9.17) is 0 Å². The van der Waals surface area contributed by atoms with Gasteiger partial charge in [-0.25, -0.2) is 0 Å². The molecule has 94 valence electrons. The van der Waals surface area contributed by atoms with Crippen molar-refractivity contribution in [3.63, 3.8) is 0 Å². The Hall–Kier alpha value is -1.80. The van der Waals surface area contributed by atoms with Crippen LogP contribution in [0.25, 0.3) is 0 Å². The van der Waals surface area contributed by atoms with E-state index in [1.54, 1.807) is 0 Å². The van der Waals surface area contributed by atoms with Crippen molar-refractivity contribution in [2.75, 3.05) is 0 Å². The molecular formula is C16H20N2. The Morgan fingerprint density at radius 1 is 1.00 bits per heavy atom. The Morgan fingerprint density at radius 3 is 2.00 bits per heavy atom. The van der Waals surface area contributed by atoms with Gasteiger partial charge in [-0.2, -0.15) is 10.5 Å². The van der Waals surface area contributed by atoms with E-state index in [0.29, 0.717) is 6.42 Å². The van der Waals surface area contributed by atoms with Crippen molar-refractivity contribution in [3.05, 3.63) is 35.9 Å². The van der Waals surface area contributed by atoms with Crippen LogP contribution in [-0.2, 0) is 0 Å². The molecule has 1 aromatic carbocycles. The summed E-state index contributed by atoms with van der Waals surface area (Å²) in [5, 5.41) is 18.6. The maximum Gasteiger partial charge on any atom is 0.0690 e. The van der Waals surface area contributed by atoms with Crippen molar-refractivity contribution >= 4 is 0 Å². The summed E-state index contributed by atoms with van der Waals surface area (Å²) >= 11 is 0. The lowest BCUT2D eigenvalue weighted by Crippen LogP contribution is -2.25. The summed E-state index contributed by atoms with van der Waals surface area (Å²) in [4.78, 5) is 0. The number of hydrogen-bond acceptors (Lipinski definition) is 2. The van der Waals surface area contributed by atoms with E-state index in [1.165, 1.54) is 0 Å². The quantitative estimate of drug-likeness (QED) is 0.789. The Balaban J connectivity index is 3.15. The molecule has 1 unspecified atom stereocenters. The van der Waals surface area contributed by atoms with Crippen LogP contribution < -0.4 is 0 Å². The molecule has 2 nitrogen and oxygen atoms in total. The lowest BCUT2D eigenvalue weighted by Gasteiger charge is -2.32. The fourth-order valence-electron chi connectivity index (χ4n) is 2.11. The van der Waals surface area contributed by atoms with E-state index >= 15 is 0 Å². The fraction of sp³-hybridized carbons (Fsp3) is 0.500. The van der Waals surface area contributed by atoms with Crippen LogP contribution in [0.15, 0.2) is 30.3 Å². The van der Waals surface area contributed by atoms with Crippen molar-refractivity contribution < 1.29 is 0 Å². The van der Waals surface area contributed by atoms with E-state index in [1.807, 2.05) is 58.0 Å². The monoisotopic (exact) mass is 240 g/mol. The molecule has 0 amide bonds. The molecule has 0 radical (unpaired) electrons. The van der Waals surface area contributed by atoms with Gasteiger partial charge in [0.1, 0.15) is 0 Å². The minimum absolute atomic E-state index is 0.0679. The highest BCUT2D eigenvalue weighted by molar-refractivity contribution is 5.25. The first-order valence-electron chi connectivity index (χ1n) is 6.20. The molecule has 1 aromatic rings. The molecule has 1 rings (SSSR count). The molecule has 2 heteroatoms. The second kappa shape index (κ2) is 5.23. The molecule has 18 heavy (non-hydrogen) atoms. The van der Waals surface area contributed by atoms with Gasteiger partial charge in [0, 0.05) is 5.92 Å². The van der Waals surface area contributed by atoms with Crippen molar-refractivity contribution in [2.24, 2.45) is 10.8 Å². The molecular weight excluding hydrogens is 220 g/mol. The van der Waals surface area contributed by atoms with Crippen LogP contribution in [0.2, 0.25) is 0 Å². The van der Waals surface area contributed by atoms with Crippen molar-refractivity contribution in [3.8, 4) is 12.1 Å². The van der Waals surface area contributed by atoms with Gasteiger partial charge < -0.3 is 0 Å². The van der Waals surface area contributed by atoms with E-state index in [-0.39, 0.29) is 5.92 Å². The molecule has 0 fully saturated rings. The Morgan fingerprint density at radius 2 is 1.56 bits per heavy atom. The summed E-state index contributed by atoms with van der Waals surface area (Å²) in [6, 6.07) is 14.7. The first-order valence-corrected chi connectivity index (χ1v) is 6.20. The second-order valence-corrected chi connectivity index (χ2v) is 6.00. The maximum absolute atomic E-state index is 9.36. The highest BCUT2D eigenvalue weighted by atomic mass is 14.4. The van der Waals surface area contributed by atoms with Gasteiger partial charge in [0.15, 0.2) is 0 Å². The SMILES string of the molecule is CC(C)(C#N)CC(c1ccccc1)C(C)(C)C#N. The molecule has 0 N–H and O–H groups in total. The molecule has 0 aliphatic carbocycles. The van der Waals surface area contributed by atoms with Crippen molar-refractivity contribution in [2.45, 2.75) is 40.0 Å². The van der Waals surface area contributed by atoms with Gasteiger partial charge in [-0.3, -0.25) is 0 Å². The minimum atomic E-state index is -0.477. The lowest BCUT2D eigenvalue weighted by atomic mass is 9.69.